The zero-order valence-corrected chi connectivity index (χ0v) is 13.6. The molecule has 2 nitrogen and oxygen atoms in total. The van der Waals surface area contributed by atoms with Gasteiger partial charge in [0.05, 0.1) is 0 Å². The van der Waals surface area contributed by atoms with Gasteiger partial charge in [-0.25, -0.2) is 0 Å². The second-order valence-electron chi connectivity index (χ2n) is 0.519. The summed E-state index contributed by atoms with van der Waals surface area (Å²) in [5.74, 6) is -0.833. The number of carboxylic acid groups (broad SMARTS) is 1. The SMILES string of the molecule is CC(=O)O.I.I.I.[H-].[Na+]. The Kier molecular flexibility index (Phi) is 87.8. The number of hydrogen-bond acceptors (Lipinski definition) is 1. The third kappa shape index (κ3) is 71.8. The molecule has 1 N–H and O–H groups in total. The van der Waals surface area contributed by atoms with E-state index in [9.17, 15) is 0 Å². The van der Waals surface area contributed by atoms with E-state index in [-0.39, 0.29) is 103 Å². The molecule has 0 fully saturated rings. The third-order valence-electron chi connectivity index (χ3n) is 0. The molecule has 0 aliphatic heterocycles. The first kappa shape index (κ1) is 31.1. The largest absolute Gasteiger partial charge is 1.00 e. The molecule has 0 atom stereocenters. The van der Waals surface area contributed by atoms with Crippen molar-refractivity contribution in [2.24, 2.45) is 0 Å². The van der Waals surface area contributed by atoms with E-state index in [1.807, 2.05) is 0 Å². The topological polar surface area (TPSA) is 37.3 Å². The Bertz CT molecular complexity index is 42.8. The summed E-state index contributed by atoms with van der Waals surface area (Å²) < 4.78 is 0. The van der Waals surface area contributed by atoms with Crippen LogP contribution < -0.4 is 29.6 Å². The molecular weight excluding hydrogens is 460 g/mol. The summed E-state index contributed by atoms with van der Waals surface area (Å²) in [6, 6.07) is 0. The first-order valence-corrected chi connectivity index (χ1v) is 0.928. The van der Waals surface area contributed by atoms with Gasteiger partial charge in [0.1, 0.15) is 0 Å². The standard InChI is InChI=1S/C2H4O2.3HI.Na.H/c1-2(3)4;;;;;/h1H3,(H,3,4);3*1H;;/q;;;;+1;-1. The minimum Gasteiger partial charge on any atom is -1.00 e. The van der Waals surface area contributed by atoms with Crippen molar-refractivity contribution >= 4 is 77.9 Å². The van der Waals surface area contributed by atoms with Crippen molar-refractivity contribution in [2.45, 2.75) is 6.92 Å². The molecule has 0 spiro atoms. The minimum absolute atomic E-state index is 0. The van der Waals surface area contributed by atoms with Crippen molar-refractivity contribution < 1.29 is 40.9 Å². The van der Waals surface area contributed by atoms with Crippen molar-refractivity contribution in [2.75, 3.05) is 0 Å². The van der Waals surface area contributed by atoms with Crippen LogP contribution in [0.2, 0.25) is 0 Å². The summed E-state index contributed by atoms with van der Waals surface area (Å²) >= 11 is 0. The van der Waals surface area contributed by atoms with Gasteiger partial charge in [0.2, 0.25) is 0 Å². The van der Waals surface area contributed by atoms with Gasteiger partial charge in [-0.05, 0) is 0 Å². The van der Waals surface area contributed by atoms with Crippen molar-refractivity contribution in [3.8, 4) is 0 Å². The molecule has 0 rings (SSSR count). The van der Waals surface area contributed by atoms with Crippen molar-refractivity contribution in [3.05, 3.63) is 0 Å². The molecule has 6 heteroatoms. The molecule has 8 heavy (non-hydrogen) atoms. The summed E-state index contributed by atoms with van der Waals surface area (Å²) in [4.78, 5) is 9.00. The first-order chi connectivity index (χ1) is 1.73. The van der Waals surface area contributed by atoms with Gasteiger partial charge in [0.25, 0.3) is 5.97 Å². The van der Waals surface area contributed by atoms with Crippen LogP contribution in [-0.2, 0) is 4.79 Å². The van der Waals surface area contributed by atoms with Crippen LogP contribution in [-0.4, -0.2) is 11.1 Å². The third-order valence-corrected chi connectivity index (χ3v) is 0. The zero-order chi connectivity index (χ0) is 3.58. The smallest absolute Gasteiger partial charge is 1.00 e. The minimum atomic E-state index is -0.833. The van der Waals surface area contributed by atoms with Gasteiger partial charge in [-0.15, -0.1) is 71.9 Å². The predicted octanol–water partition coefficient (Wildman–Crippen LogP) is -0.939. The molecule has 0 bridgehead atoms. The van der Waals surface area contributed by atoms with Gasteiger partial charge in [-0.3, -0.25) is 4.79 Å². The van der Waals surface area contributed by atoms with E-state index in [1.165, 1.54) is 0 Å². The summed E-state index contributed by atoms with van der Waals surface area (Å²) in [7, 11) is 0. The summed E-state index contributed by atoms with van der Waals surface area (Å²) in [6.45, 7) is 1.08. The number of aliphatic carboxylic acids is 1. The summed E-state index contributed by atoms with van der Waals surface area (Å²) in [6.07, 6.45) is 0. The predicted molar refractivity (Wildman–Crippen MR) is 60.7 cm³/mol. The van der Waals surface area contributed by atoms with E-state index in [0.717, 1.165) is 6.92 Å². The maximum atomic E-state index is 9.00. The van der Waals surface area contributed by atoms with Crippen LogP contribution in [0.4, 0.5) is 0 Å². The molecule has 0 radical (unpaired) electrons. The maximum Gasteiger partial charge on any atom is 1.00 e. The molecule has 0 saturated carbocycles. The average molecular weight is 468 g/mol. The van der Waals surface area contributed by atoms with Crippen LogP contribution in [0, 0.1) is 0 Å². The molecule has 0 aromatic heterocycles. The Morgan fingerprint density at radius 1 is 1.38 bits per heavy atom. The molecule has 0 aliphatic rings. The Morgan fingerprint density at radius 3 is 1.38 bits per heavy atom. The number of carbonyl (C=O) groups is 1. The van der Waals surface area contributed by atoms with Crippen LogP contribution >= 0.6 is 71.9 Å². The number of hydrogen-bond donors (Lipinski definition) is 1. The van der Waals surface area contributed by atoms with Crippen molar-refractivity contribution in [1.82, 2.24) is 0 Å². The Balaban J connectivity index is -0.00000000450. The molecule has 50 valence electrons. The van der Waals surface area contributed by atoms with Crippen LogP contribution in [0.5, 0.6) is 0 Å². The molecule has 0 aliphatic carbocycles. The fourth-order valence-electron chi connectivity index (χ4n) is 0. The van der Waals surface area contributed by atoms with Crippen LogP contribution in [0.1, 0.15) is 8.35 Å². The van der Waals surface area contributed by atoms with Gasteiger partial charge in [-0.1, -0.05) is 0 Å². The quantitative estimate of drug-likeness (QED) is 0.369. The van der Waals surface area contributed by atoms with E-state index in [4.69, 9.17) is 9.90 Å². The van der Waals surface area contributed by atoms with Gasteiger partial charge < -0.3 is 6.53 Å². The van der Waals surface area contributed by atoms with Gasteiger partial charge in [0, 0.05) is 6.92 Å². The van der Waals surface area contributed by atoms with Gasteiger partial charge in [0.15, 0.2) is 0 Å². The molecule has 0 saturated heterocycles. The van der Waals surface area contributed by atoms with E-state index in [0.29, 0.717) is 0 Å². The molecule has 0 aromatic rings. The number of carboxylic acids is 1. The molecule has 0 heterocycles. The Morgan fingerprint density at radius 2 is 1.38 bits per heavy atom. The maximum absolute atomic E-state index is 9.00. The van der Waals surface area contributed by atoms with E-state index in [1.54, 1.807) is 0 Å². The van der Waals surface area contributed by atoms with Crippen LogP contribution in [0.3, 0.4) is 0 Å². The average Bonchev–Trinajstić information content (AvgIpc) is 0.811. The molecule has 0 unspecified atom stereocenters. The van der Waals surface area contributed by atoms with Crippen molar-refractivity contribution in [3.63, 3.8) is 0 Å². The van der Waals surface area contributed by atoms with E-state index >= 15 is 0 Å². The Hall–Kier alpha value is 2.66. The van der Waals surface area contributed by atoms with E-state index < -0.39 is 5.97 Å². The van der Waals surface area contributed by atoms with Crippen LogP contribution in [0.15, 0.2) is 0 Å². The number of rotatable bonds is 0. The second kappa shape index (κ2) is 22.6. The van der Waals surface area contributed by atoms with Gasteiger partial charge >= 0.3 is 29.6 Å². The molecule has 0 amide bonds. The van der Waals surface area contributed by atoms with E-state index in [2.05, 4.69) is 0 Å². The zero-order valence-electron chi connectivity index (χ0n) is 5.58. The monoisotopic (exact) mass is 468 g/mol. The molecule has 0 aromatic carbocycles. The Labute approximate surface area is 123 Å². The van der Waals surface area contributed by atoms with Crippen LogP contribution in [0.25, 0.3) is 0 Å². The second-order valence-corrected chi connectivity index (χ2v) is 0.519. The summed E-state index contributed by atoms with van der Waals surface area (Å²) in [5, 5.41) is 7.42. The fraction of sp³-hybridized carbons (Fsp3) is 0.500. The fourth-order valence-corrected chi connectivity index (χ4v) is 0. The number of halogens is 3. The summed E-state index contributed by atoms with van der Waals surface area (Å²) in [5.41, 5.74) is 0. The first-order valence-electron chi connectivity index (χ1n) is 0.928. The normalized spacial score (nSPS) is 3.12. The van der Waals surface area contributed by atoms with Gasteiger partial charge in [-0.2, -0.15) is 0 Å². The van der Waals surface area contributed by atoms with Crippen molar-refractivity contribution in [1.29, 1.82) is 0 Å². The molecular formula is C2H8I3NaO2.